The highest BCUT2D eigenvalue weighted by Crippen LogP contribution is 2.34. The van der Waals surface area contributed by atoms with E-state index in [1.807, 2.05) is 13.8 Å². The van der Waals surface area contributed by atoms with E-state index in [9.17, 15) is 9.32 Å². The summed E-state index contributed by atoms with van der Waals surface area (Å²) >= 11 is -2.02. The first-order chi connectivity index (χ1) is 8.27. The summed E-state index contributed by atoms with van der Waals surface area (Å²) in [5.41, 5.74) is 0.199. The fourth-order valence-electron chi connectivity index (χ4n) is 1.88. The minimum atomic E-state index is -2.02. The maximum absolute atomic E-state index is 11.0. The summed E-state index contributed by atoms with van der Waals surface area (Å²) in [7, 11) is 3.10. The molecule has 0 aliphatic carbocycles. The van der Waals surface area contributed by atoms with Crippen LogP contribution in [0.5, 0.6) is 11.5 Å². The van der Waals surface area contributed by atoms with Gasteiger partial charge in [-0.25, -0.2) is 8.51 Å². The van der Waals surface area contributed by atoms with Crippen molar-refractivity contribution in [3.63, 3.8) is 0 Å². The molecule has 0 bridgehead atoms. The van der Waals surface area contributed by atoms with Crippen molar-refractivity contribution in [2.24, 2.45) is 0 Å². The molecule has 0 amide bonds. The molecule has 1 rings (SSSR count). The van der Waals surface area contributed by atoms with Gasteiger partial charge < -0.3 is 9.84 Å². The molecule has 0 spiro atoms. The Morgan fingerprint density at radius 3 is 2.56 bits per heavy atom. The van der Waals surface area contributed by atoms with E-state index in [1.54, 1.807) is 32.4 Å². The molecule has 18 heavy (non-hydrogen) atoms. The summed E-state index contributed by atoms with van der Waals surface area (Å²) < 4.78 is 26.4. The van der Waals surface area contributed by atoms with Crippen LogP contribution in [0.25, 0.3) is 0 Å². The first-order valence-corrected chi connectivity index (χ1v) is 6.54. The van der Waals surface area contributed by atoms with Crippen LogP contribution in [-0.2, 0) is 16.7 Å². The third-order valence-electron chi connectivity index (χ3n) is 2.82. The van der Waals surface area contributed by atoms with Gasteiger partial charge in [0.1, 0.15) is 11.5 Å². The molecule has 0 radical (unpaired) electrons. The third-order valence-corrected chi connectivity index (χ3v) is 3.48. The number of methoxy groups -OCH3 is 1. The predicted octanol–water partition coefficient (Wildman–Crippen LogP) is 1.75. The number of hydrogen-bond donors (Lipinski definition) is 2. The molecule has 6 heteroatoms. The lowest BCUT2D eigenvalue weighted by Gasteiger charge is -2.29. The second kappa shape index (κ2) is 5.69. The van der Waals surface area contributed by atoms with E-state index in [2.05, 4.69) is 0 Å². The lowest BCUT2D eigenvalue weighted by molar-refractivity contribution is 0.349. The van der Waals surface area contributed by atoms with Crippen molar-refractivity contribution in [3.05, 3.63) is 23.8 Å². The van der Waals surface area contributed by atoms with Crippen LogP contribution < -0.4 is 4.74 Å². The van der Waals surface area contributed by atoms with Crippen molar-refractivity contribution in [3.8, 4) is 11.5 Å². The van der Waals surface area contributed by atoms with Crippen molar-refractivity contribution in [2.45, 2.75) is 19.3 Å². The molecule has 5 nitrogen and oxygen atoms in total. The van der Waals surface area contributed by atoms with Gasteiger partial charge in [-0.2, -0.15) is 0 Å². The lowest BCUT2D eigenvalue weighted by Crippen LogP contribution is -2.35. The molecule has 0 saturated heterocycles. The van der Waals surface area contributed by atoms with Gasteiger partial charge in [-0.05, 0) is 18.2 Å². The van der Waals surface area contributed by atoms with Crippen LogP contribution in [0.1, 0.15) is 19.4 Å². The highest BCUT2D eigenvalue weighted by molar-refractivity contribution is 7.76. The summed E-state index contributed by atoms with van der Waals surface area (Å²) in [6.07, 6.45) is 0. The molecule has 0 aliphatic rings. The van der Waals surface area contributed by atoms with Gasteiger partial charge in [-0.1, -0.05) is 13.8 Å². The first kappa shape index (κ1) is 14.9. The molecule has 0 aromatic heterocycles. The zero-order valence-corrected chi connectivity index (χ0v) is 11.8. The fraction of sp³-hybridized carbons (Fsp3) is 0.500. The Morgan fingerprint density at radius 2 is 2.06 bits per heavy atom. The number of ether oxygens (including phenoxy) is 1. The fourth-order valence-corrected chi connectivity index (χ4v) is 2.31. The number of hydrogen-bond acceptors (Lipinski definition) is 3. The minimum Gasteiger partial charge on any atom is -0.508 e. The first-order valence-electron chi connectivity index (χ1n) is 5.47. The zero-order chi connectivity index (χ0) is 13.9. The molecule has 1 aromatic rings. The molecule has 1 unspecified atom stereocenters. The van der Waals surface area contributed by atoms with E-state index < -0.39 is 16.7 Å². The van der Waals surface area contributed by atoms with Crippen molar-refractivity contribution in [1.82, 2.24) is 4.31 Å². The summed E-state index contributed by atoms with van der Waals surface area (Å²) in [6, 6.07) is 4.97. The summed E-state index contributed by atoms with van der Waals surface area (Å²) in [5.74, 6) is 0.793. The van der Waals surface area contributed by atoms with E-state index in [4.69, 9.17) is 9.29 Å². The van der Waals surface area contributed by atoms with Crippen molar-refractivity contribution in [1.29, 1.82) is 0 Å². The maximum Gasteiger partial charge on any atom is 0.234 e. The summed E-state index contributed by atoms with van der Waals surface area (Å²) in [6.45, 7) is 4.12. The standard InChI is InChI=1S/C12H19NO4S/c1-12(2,8-13(3)18(15)16)10-7-9(17-4)5-6-11(10)14/h5-7,14H,8H2,1-4H3,(H,15,16). The zero-order valence-electron chi connectivity index (χ0n) is 11.0. The van der Waals surface area contributed by atoms with Gasteiger partial charge in [0.2, 0.25) is 11.3 Å². The van der Waals surface area contributed by atoms with E-state index in [0.717, 1.165) is 0 Å². The number of phenolic OH excluding ortho intramolecular Hbond substituents is 1. The van der Waals surface area contributed by atoms with Crippen LogP contribution in [0.4, 0.5) is 0 Å². The normalized spacial score (nSPS) is 13.7. The monoisotopic (exact) mass is 273 g/mol. The van der Waals surface area contributed by atoms with Gasteiger partial charge >= 0.3 is 0 Å². The molecule has 1 atom stereocenters. The molecule has 2 N–H and O–H groups in total. The van der Waals surface area contributed by atoms with Crippen LogP contribution in [0.15, 0.2) is 18.2 Å². The van der Waals surface area contributed by atoms with Gasteiger partial charge in [-0.15, -0.1) is 0 Å². The van der Waals surface area contributed by atoms with Gasteiger partial charge in [0.25, 0.3) is 0 Å². The number of benzene rings is 1. The minimum absolute atomic E-state index is 0.151. The predicted molar refractivity (Wildman–Crippen MR) is 71.1 cm³/mol. The number of aromatic hydroxyl groups is 1. The summed E-state index contributed by atoms with van der Waals surface area (Å²) in [4.78, 5) is 0. The third kappa shape index (κ3) is 3.44. The molecule has 102 valence electrons. The van der Waals surface area contributed by atoms with Crippen molar-refractivity contribution < 1.29 is 18.6 Å². The SMILES string of the molecule is COc1ccc(O)c(C(C)(C)CN(C)S(=O)O)c1. The highest BCUT2D eigenvalue weighted by Gasteiger charge is 2.27. The molecular formula is C12H19NO4S. The Labute approximate surface area is 110 Å². The highest BCUT2D eigenvalue weighted by atomic mass is 32.2. The van der Waals surface area contributed by atoms with Crippen LogP contribution in [-0.4, -0.2) is 38.9 Å². The van der Waals surface area contributed by atoms with Gasteiger partial charge in [-0.3, -0.25) is 4.55 Å². The Morgan fingerprint density at radius 1 is 1.44 bits per heavy atom. The second-order valence-electron chi connectivity index (χ2n) is 4.78. The second-order valence-corrected chi connectivity index (χ2v) is 5.87. The van der Waals surface area contributed by atoms with Gasteiger partial charge in [0.15, 0.2) is 0 Å². The van der Waals surface area contributed by atoms with Crippen LogP contribution in [0, 0.1) is 0 Å². The number of nitrogens with zero attached hydrogens (tertiary/aromatic N) is 1. The van der Waals surface area contributed by atoms with E-state index in [0.29, 0.717) is 17.9 Å². The molecule has 0 aliphatic heterocycles. The topological polar surface area (TPSA) is 70.0 Å². The quantitative estimate of drug-likeness (QED) is 0.802. The number of likely N-dealkylation sites (N-methyl/N-ethyl adjacent to an activating group) is 1. The van der Waals surface area contributed by atoms with Crippen LogP contribution in [0.3, 0.4) is 0 Å². The molecular weight excluding hydrogens is 254 g/mol. The molecule has 0 heterocycles. The molecule has 1 aromatic carbocycles. The molecule has 0 fully saturated rings. The maximum atomic E-state index is 11.0. The van der Waals surface area contributed by atoms with Crippen LogP contribution >= 0.6 is 0 Å². The summed E-state index contributed by atoms with van der Waals surface area (Å²) in [5, 5.41) is 9.91. The average Bonchev–Trinajstić information content (AvgIpc) is 2.28. The number of phenols is 1. The lowest BCUT2D eigenvalue weighted by atomic mass is 9.84. The van der Waals surface area contributed by atoms with Gasteiger partial charge in [0.05, 0.1) is 7.11 Å². The Bertz CT molecular complexity index is 448. The Balaban J connectivity index is 3.06. The van der Waals surface area contributed by atoms with Crippen molar-refractivity contribution >= 4 is 11.3 Å². The van der Waals surface area contributed by atoms with Crippen LogP contribution in [0.2, 0.25) is 0 Å². The number of rotatable bonds is 5. The van der Waals surface area contributed by atoms with E-state index >= 15 is 0 Å². The van der Waals surface area contributed by atoms with E-state index in [-0.39, 0.29) is 5.75 Å². The average molecular weight is 273 g/mol. The van der Waals surface area contributed by atoms with Gasteiger partial charge in [0, 0.05) is 24.6 Å². The largest absolute Gasteiger partial charge is 0.508 e. The smallest absolute Gasteiger partial charge is 0.234 e. The Kier molecular flexibility index (Phi) is 4.72. The van der Waals surface area contributed by atoms with E-state index in [1.165, 1.54) is 4.31 Å². The molecule has 0 saturated carbocycles. The Hall–Kier alpha value is -1.11. The van der Waals surface area contributed by atoms with Crippen molar-refractivity contribution in [2.75, 3.05) is 20.7 Å².